The number of nitrogens with zero attached hydrogens (tertiary/aromatic N) is 3. The van der Waals surface area contributed by atoms with Crippen LogP contribution < -0.4 is 10.1 Å². The minimum Gasteiger partial charge on any atom is -0.478 e. The van der Waals surface area contributed by atoms with Gasteiger partial charge in [-0.1, -0.05) is 18.2 Å². The Morgan fingerprint density at radius 2 is 2.21 bits per heavy atom. The molecule has 3 heterocycles. The maximum atomic E-state index is 12.2. The quantitative estimate of drug-likeness (QED) is 0.733. The topological polar surface area (TPSA) is 61.1 Å². The number of amides is 1. The summed E-state index contributed by atoms with van der Waals surface area (Å²) in [6.07, 6.45) is 3.89. The predicted octanol–water partition coefficient (Wildman–Crippen LogP) is 2.44. The van der Waals surface area contributed by atoms with Crippen molar-refractivity contribution >= 4 is 16.8 Å². The zero-order valence-electron chi connectivity index (χ0n) is 13.4. The van der Waals surface area contributed by atoms with Crippen LogP contribution in [0.3, 0.4) is 0 Å². The second-order valence-corrected chi connectivity index (χ2v) is 5.97. The van der Waals surface area contributed by atoms with Crippen molar-refractivity contribution in [3.63, 3.8) is 0 Å². The Labute approximate surface area is 140 Å². The van der Waals surface area contributed by atoms with Crippen LogP contribution >= 0.6 is 0 Å². The van der Waals surface area contributed by atoms with Crippen LogP contribution in [-0.2, 0) is 13.1 Å². The number of carbonyl (C=O) groups is 1. The van der Waals surface area contributed by atoms with E-state index in [1.807, 2.05) is 12.1 Å². The van der Waals surface area contributed by atoms with E-state index in [1.54, 1.807) is 10.7 Å². The van der Waals surface area contributed by atoms with Gasteiger partial charge in [-0.25, -0.2) is 4.68 Å². The van der Waals surface area contributed by atoms with Crippen molar-refractivity contribution in [1.29, 1.82) is 0 Å². The van der Waals surface area contributed by atoms with Crippen molar-refractivity contribution in [2.24, 2.45) is 0 Å². The van der Waals surface area contributed by atoms with E-state index < -0.39 is 0 Å². The number of rotatable bonds is 5. The van der Waals surface area contributed by atoms with Crippen LogP contribution in [0, 0.1) is 0 Å². The first-order chi connectivity index (χ1) is 11.8. The lowest BCUT2D eigenvalue weighted by Gasteiger charge is -2.13. The van der Waals surface area contributed by atoms with Gasteiger partial charge in [0.15, 0.2) is 5.69 Å². The van der Waals surface area contributed by atoms with Crippen molar-refractivity contribution in [1.82, 2.24) is 19.7 Å². The number of aryl methyl sites for hydroxylation is 2. The van der Waals surface area contributed by atoms with E-state index in [0.29, 0.717) is 24.7 Å². The Hall–Kier alpha value is -2.76. The molecule has 124 valence electrons. The van der Waals surface area contributed by atoms with Crippen molar-refractivity contribution < 1.29 is 9.53 Å². The van der Waals surface area contributed by atoms with Crippen LogP contribution in [0.2, 0.25) is 0 Å². The lowest BCUT2D eigenvalue weighted by Crippen LogP contribution is -2.25. The van der Waals surface area contributed by atoms with E-state index in [9.17, 15) is 4.79 Å². The molecule has 0 fully saturated rings. The van der Waals surface area contributed by atoms with Gasteiger partial charge in [-0.2, -0.15) is 5.10 Å². The molecule has 1 aromatic carbocycles. The van der Waals surface area contributed by atoms with Crippen molar-refractivity contribution in [3.05, 3.63) is 48.3 Å². The number of hydrogen-bond donors (Lipinski definition) is 1. The van der Waals surface area contributed by atoms with Gasteiger partial charge in [0.2, 0.25) is 5.88 Å². The number of nitrogens with one attached hydrogen (secondary N) is 1. The third-order valence-corrected chi connectivity index (χ3v) is 4.28. The highest BCUT2D eigenvalue weighted by Crippen LogP contribution is 2.18. The zero-order valence-corrected chi connectivity index (χ0v) is 13.4. The van der Waals surface area contributed by atoms with Crippen molar-refractivity contribution in [2.75, 3.05) is 13.2 Å². The van der Waals surface area contributed by atoms with Crippen molar-refractivity contribution in [2.45, 2.75) is 25.9 Å². The minimum atomic E-state index is -0.141. The number of ether oxygens (including phenoxy) is 1. The number of aromatic nitrogens is 3. The summed E-state index contributed by atoms with van der Waals surface area (Å²) in [6.45, 7) is 2.99. The van der Waals surface area contributed by atoms with Gasteiger partial charge < -0.3 is 14.6 Å². The molecule has 1 amide bonds. The largest absolute Gasteiger partial charge is 0.478 e. The number of carbonyl (C=O) groups excluding carboxylic acids is 1. The monoisotopic (exact) mass is 324 g/mol. The average Bonchev–Trinajstić information content (AvgIpc) is 3.23. The molecule has 0 radical (unpaired) electrons. The Morgan fingerprint density at radius 1 is 1.29 bits per heavy atom. The maximum absolute atomic E-state index is 12.2. The molecule has 6 heteroatoms. The van der Waals surface area contributed by atoms with Gasteiger partial charge in [0, 0.05) is 43.8 Å². The van der Waals surface area contributed by atoms with Gasteiger partial charge in [0.25, 0.3) is 5.91 Å². The first-order valence-corrected chi connectivity index (χ1v) is 8.34. The molecule has 0 bridgehead atoms. The third-order valence-electron chi connectivity index (χ3n) is 4.28. The van der Waals surface area contributed by atoms with E-state index in [-0.39, 0.29) is 5.91 Å². The number of para-hydroxylation sites is 1. The summed E-state index contributed by atoms with van der Waals surface area (Å²) in [5, 5.41) is 8.47. The summed E-state index contributed by atoms with van der Waals surface area (Å²) in [4.78, 5) is 12.2. The third kappa shape index (κ3) is 2.87. The highest BCUT2D eigenvalue weighted by molar-refractivity contribution is 5.92. The van der Waals surface area contributed by atoms with Crippen LogP contribution in [0.4, 0.5) is 0 Å². The fourth-order valence-electron chi connectivity index (χ4n) is 3.06. The highest BCUT2D eigenvalue weighted by Gasteiger charge is 2.17. The SMILES string of the molecule is O=C(NCCCn1ccc2ccccc21)c1cc2n(n1)CCCO2. The minimum absolute atomic E-state index is 0.141. The standard InChI is InChI=1S/C18H20N4O2/c23-18(15-13-17-22(20-15)10-4-12-24-17)19-8-3-9-21-11-7-14-5-1-2-6-16(14)21/h1-2,5-7,11,13H,3-4,8-10,12H2,(H,19,23). The molecule has 1 N–H and O–H groups in total. The maximum Gasteiger partial charge on any atom is 0.271 e. The van der Waals surface area contributed by atoms with E-state index in [4.69, 9.17) is 4.74 Å². The normalized spacial score (nSPS) is 13.5. The molecule has 2 aromatic heterocycles. The molecule has 0 atom stereocenters. The number of hydrogen-bond acceptors (Lipinski definition) is 3. The average molecular weight is 324 g/mol. The Balaban J connectivity index is 1.31. The molecule has 0 unspecified atom stereocenters. The fourth-order valence-corrected chi connectivity index (χ4v) is 3.06. The molecule has 0 aliphatic carbocycles. The first-order valence-electron chi connectivity index (χ1n) is 8.34. The molecule has 6 nitrogen and oxygen atoms in total. The lowest BCUT2D eigenvalue weighted by molar-refractivity contribution is 0.0947. The fraction of sp³-hybridized carbons (Fsp3) is 0.333. The molecule has 4 rings (SSSR count). The summed E-state index contributed by atoms with van der Waals surface area (Å²) in [5.41, 5.74) is 1.65. The predicted molar refractivity (Wildman–Crippen MR) is 91.2 cm³/mol. The van der Waals surface area contributed by atoms with E-state index >= 15 is 0 Å². The second-order valence-electron chi connectivity index (χ2n) is 5.97. The Morgan fingerprint density at radius 3 is 3.12 bits per heavy atom. The summed E-state index contributed by atoms with van der Waals surface area (Å²) in [6, 6.07) is 12.1. The second kappa shape index (κ2) is 6.39. The van der Waals surface area contributed by atoms with Crippen LogP contribution in [0.25, 0.3) is 10.9 Å². The van der Waals surface area contributed by atoms with Crippen LogP contribution in [0.1, 0.15) is 23.3 Å². The van der Waals surface area contributed by atoms with Gasteiger partial charge in [0.05, 0.1) is 6.61 Å². The molecular formula is C18H20N4O2. The molecular weight excluding hydrogens is 304 g/mol. The lowest BCUT2D eigenvalue weighted by atomic mass is 10.2. The molecule has 3 aromatic rings. The molecule has 0 spiro atoms. The smallest absolute Gasteiger partial charge is 0.271 e. The van der Waals surface area contributed by atoms with Gasteiger partial charge >= 0.3 is 0 Å². The summed E-state index contributed by atoms with van der Waals surface area (Å²) in [7, 11) is 0. The van der Waals surface area contributed by atoms with Crippen LogP contribution in [0.5, 0.6) is 5.88 Å². The van der Waals surface area contributed by atoms with Gasteiger partial charge in [0.1, 0.15) is 0 Å². The Bertz CT molecular complexity index is 841. The van der Waals surface area contributed by atoms with Gasteiger partial charge in [-0.15, -0.1) is 0 Å². The highest BCUT2D eigenvalue weighted by atomic mass is 16.5. The first kappa shape index (κ1) is 14.8. The molecule has 1 aliphatic heterocycles. The van der Waals surface area contributed by atoms with E-state index in [2.05, 4.69) is 39.4 Å². The zero-order chi connectivity index (χ0) is 16.4. The number of benzene rings is 1. The molecule has 0 saturated carbocycles. The molecule has 1 aliphatic rings. The van der Waals surface area contributed by atoms with Gasteiger partial charge in [-0.3, -0.25) is 4.79 Å². The van der Waals surface area contributed by atoms with Crippen LogP contribution in [-0.4, -0.2) is 33.4 Å². The van der Waals surface area contributed by atoms with Crippen LogP contribution in [0.15, 0.2) is 42.6 Å². The van der Waals surface area contributed by atoms with E-state index in [0.717, 1.165) is 25.9 Å². The Kier molecular flexibility index (Phi) is 3.94. The van der Waals surface area contributed by atoms with E-state index in [1.165, 1.54) is 10.9 Å². The molecule has 24 heavy (non-hydrogen) atoms. The summed E-state index contributed by atoms with van der Waals surface area (Å²) in [5.74, 6) is 0.545. The summed E-state index contributed by atoms with van der Waals surface area (Å²) < 4.78 is 9.45. The number of fused-ring (bicyclic) bond motifs is 2. The summed E-state index contributed by atoms with van der Waals surface area (Å²) >= 11 is 0. The van der Waals surface area contributed by atoms with Crippen molar-refractivity contribution in [3.8, 4) is 5.88 Å². The molecule has 0 saturated heterocycles. The van der Waals surface area contributed by atoms with Gasteiger partial charge in [-0.05, 0) is 23.9 Å².